The van der Waals surface area contributed by atoms with Crippen LogP contribution in [-0.2, 0) is 17.6 Å². The molecule has 3 heterocycles. The van der Waals surface area contributed by atoms with Crippen LogP contribution < -0.4 is 9.47 Å². The number of methoxy groups -OCH3 is 1. The molecule has 2 aliphatic rings. The van der Waals surface area contributed by atoms with Crippen LogP contribution in [0.25, 0.3) is 0 Å². The molecule has 1 amide bonds. The lowest BCUT2D eigenvalue weighted by Gasteiger charge is -2.35. The number of fused-ring (bicyclic) bond motifs is 1. The van der Waals surface area contributed by atoms with Crippen molar-refractivity contribution in [2.45, 2.75) is 32.6 Å². The van der Waals surface area contributed by atoms with Gasteiger partial charge < -0.3 is 18.9 Å². The Morgan fingerprint density at radius 3 is 2.85 bits per heavy atom. The molecule has 1 atom stereocenters. The zero-order chi connectivity index (χ0) is 18.8. The van der Waals surface area contributed by atoms with Crippen LogP contribution in [0.5, 0.6) is 11.5 Å². The predicted molar refractivity (Wildman–Crippen MR) is 97.7 cm³/mol. The Morgan fingerprint density at radius 2 is 2.15 bits per heavy atom. The number of likely N-dealkylation sites (tertiary alicyclic amines) is 1. The summed E-state index contributed by atoms with van der Waals surface area (Å²) in [4.78, 5) is 19.2. The largest absolute Gasteiger partial charge is 0.493 e. The molecule has 0 aliphatic carbocycles. The van der Waals surface area contributed by atoms with Gasteiger partial charge in [-0.15, -0.1) is 0 Å². The Bertz CT molecular complexity index is 811. The van der Waals surface area contributed by atoms with Crippen molar-refractivity contribution in [3.8, 4) is 11.5 Å². The average Bonchev–Trinajstić information content (AvgIpc) is 3.11. The Labute approximate surface area is 158 Å². The van der Waals surface area contributed by atoms with Gasteiger partial charge in [0.2, 0.25) is 11.8 Å². The SMILES string of the molecule is COc1cccc2c1OCC(C(=O)N1CCC(Cc3noc(C)n3)CC1)C2. The maximum Gasteiger partial charge on any atom is 0.229 e. The van der Waals surface area contributed by atoms with Crippen LogP contribution in [0.3, 0.4) is 0 Å². The van der Waals surface area contributed by atoms with Crippen LogP contribution in [0.2, 0.25) is 0 Å². The van der Waals surface area contributed by atoms with Crippen molar-refractivity contribution < 1.29 is 18.8 Å². The number of hydrogen-bond acceptors (Lipinski definition) is 6. The van der Waals surface area contributed by atoms with E-state index in [9.17, 15) is 4.79 Å². The van der Waals surface area contributed by atoms with Crippen molar-refractivity contribution in [1.82, 2.24) is 15.0 Å². The molecule has 1 unspecified atom stereocenters. The second-order valence-corrected chi connectivity index (χ2v) is 7.36. The van der Waals surface area contributed by atoms with Gasteiger partial charge in [-0.3, -0.25) is 4.79 Å². The minimum Gasteiger partial charge on any atom is -0.493 e. The fraction of sp³-hybridized carbons (Fsp3) is 0.550. The Morgan fingerprint density at radius 1 is 1.33 bits per heavy atom. The van der Waals surface area contributed by atoms with Crippen LogP contribution in [0.15, 0.2) is 22.7 Å². The minimum absolute atomic E-state index is 0.124. The number of hydrogen-bond donors (Lipinski definition) is 0. The van der Waals surface area contributed by atoms with Crippen molar-refractivity contribution >= 4 is 5.91 Å². The van der Waals surface area contributed by atoms with Gasteiger partial charge in [0.05, 0.1) is 13.0 Å². The first kappa shape index (κ1) is 17.8. The van der Waals surface area contributed by atoms with Gasteiger partial charge in [0.15, 0.2) is 17.3 Å². The molecular formula is C20H25N3O4. The number of piperidine rings is 1. The van der Waals surface area contributed by atoms with E-state index < -0.39 is 0 Å². The molecule has 27 heavy (non-hydrogen) atoms. The highest BCUT2D eigenvalue weighted by molar-refractivity contribution is 5.80. The van der Waals surface area contributed by atoms with E-state index in [1.54, 1.807) is 14.0 Å². The maximum absolute atomic E-state index is 13.0. The molecule has 0 N–H and O–H groups in total. The molecular weight excluding hydrogens is 346 g/mol. The van der Waals surface area contributed by atoms with E-state index in [0.29, 0.717) is 24.8 Å². The number of rotatable bonds is 4. The van der Waals surface area contributed by atoms with Gasteiger partial charge in [0, 0.05) is 26.4 Å². The molecule has 1 aromatic carbocycles. The number of carbonyl (C=O) groups excluding carboxylic acids is 1. The van der Waals surface area contributed by atoms with Gasteiger partial charge in [0.1, 0.15) is 6.61 Å². The number of amides is 1. The summed E-state index contributed by atoms with van der Waals surface area (Å²) in [6.07, 6.45) is 3.46. The zero-order valence-corrected chi connectivity index (χ0v) is 15.8. The van der Waals surface area contributed by atoms with E-state index in [4.69, 9.17) is 14.0 Å². The number of aryl methyl sites for hydroxylation is 1. The highest BCUT2D eigenvalue weighted by Crippen LogP contribution is 2.36. The van der Waals surface area contributed by atoms with Gasteiger partial charge in [-0.1, -0.05) is 17.3 Å². The van der Waals surface area contributed by atoms with E-state index in [1.807, 2.05) is 23.1 Å². The summed E-state index contributed by atoms with van der Waals surface area (Å²) < 4.78 is 16.3. The molecule has 1 fully saturated rings. The normalized spacial score (nSPS) is 20.1. The topological polar surface area (TPSA) is 77.7 Å². The molecule has 1 saturated heterocycles. The molecule has 0 radical (unpaired) electrons. The highest BCUT2D eigenvalue weighted by Gasteiger charge is 2.33. The third kappa shape index (κ3) is 3.77. The molecule has 0 spiro atoms. The molecule has 7 heteroatoms. The number of ether oxygens (including phenoxy) is 2. The van der Waals surface area contributed by atoms with Crippen molar-refractivity contribution in [2.75, 3.05) is 26.8 Å². The second-order valence-electron chi connectivity index (χ2n) is 7.36. The number of nitrogens with zero attached hydrogens (tertiary/aromatic N) is 3. The van der Waals surface area contributed by atoms with Crippen molar-refractivity contribution in [1.29, 1.82) is 0 Å². The molecule has 144 valence electrons. The Balaban J connectivity index is 1.33. The lowest BCUT2D eigenvalue weighted by atomic mass is 9.90. The van der Waals surface area contributed by atoms with E-state index >= 15 is 0 Å². The van der Waals surface area contributed by atoms with Crippen LogP contribution in [0.4, 0.5) is 0 Å². The quantitative estimate of drug-likeness (QED) is 0.821. The summed E-state index contributed by atoms with van der Waals surface area (Å²) in [5.74, 6) is 3.45. The van der Waals surface area contributed by atoms with Crippen LogP contribution in [0, 0.1) is 18.8 Å². The molecule has 2 aromatic rings. The van der Waals surface area contributed by atoms with Gasteiger partial charge in [-0.2, -0.15) is 4.98 Å². The first-order chi connectivity index (χ1) is 13.1. The third-order valence-electron chi connectivity index (χ3n) is 5.49. The molecule has 7 nitrogen and oxygen atoms in total. The van der Waals surface area contributed by atoms with Gasteiger partial charge in [-0.25, -0.2) is 0 Å². The fourth-order valence-corrected chi connectivity index (χ4v) is 4.01. The van der Waals surface area contributed by atoms with E-state index in [2.05, 4.69) is 10.1 Å². The molecule has 0 bridgehead atoms. The first-order valence-electron chi connectivity index (χ1n) is 9.50. The Kier molecular flexibility index (Phi) is 5.01. The molecule has 0 saturated carbocycles. The van der Waals surface area contributed by atoms with Crippen molar-refractivity contribution in [3.05, 3.63) is 35.5 Å². The summed E-state index contributed by atoms with van der Waals surface area (Å²) >= 11 is 0. The maximum atomic E-state index is 13.0. The molecule has 2 aliphatic heterocycles. The predicted octanol–water partition coefficient (Wildman–Crippen LogP) is 2.42. The average molecular weight is 371 g/mol. The summed E-state index contributed by atoms with van der Waals surface area (Å²) in [6.45, 7) is 3.77. The van der Waals surface area contributed by atoms with Crippen LogP contribution >= 0.6 is 0 Å². The number of carbonyl (C=O) groups is 1. The number of aromatic nitrogens is 2. The summed E-state index contributed by atoms with van der Waals surface area (Å²) in [5.41, 5.74) is 1.04. The third-order valence-corrected chi connectivity index (χ3v) is 5.49. The number of para-hydroxylation sites is 1. The lowest BCUT2D eigenvalue weighted by molar-refractivity contribution is -0.138. The van der Waals surface area contributed by atoms with E-state index in [-0.39, 0.29) is 11.8 Å². The zero-order valence-electron chi connectivity index (χ0n) is 15.8. The summed E-state index contributed by atoms with van der Waals surface area (Å²) in [6, 6.07) is 5.84. The monoisotopic (exact) mass is 371 g/mol. The minimum atomic E-state index is -0.124. The molecule has 4 rings (SSSR count). The summed E-state index contributed by atoms with van der Waals surface area (Å²) in [7, 11) is 1.64. The number of benzene rings is 1. The van der Waals surface area contributed by atoms with Gasteiger partial charge >= 0.3 is 0 Å². The lowest BCUT2D eigenvalue weighted by Crippen LogP contribution is -2.45. The van der Waals surface area contributed by atoms with Crippen molar-refractivity contribution in [2.24, 2.45) is 11.8 Å². The second kappa shape index (κ2) is 7.58. The van der Waals surface area contributed by atoms with Crippen LogP contribution in [-0.4, -0.2) is 47.8 Å². The highest BCUT2D eigenvalue weighted by atomic mass is 16.5. The Hall–Kier alpha value is -2.57. The van der Waals surface area contributed by atoms with Gasteiger partial charge in [-0.05, 0) is 36.8 Å². The first-order valence-corrected chi connectivity index (χ1v) is 9.50. The smallest absolute Gasteiger partial charge is 0.229 e. The van der Waals surface area contributed by atoms with E-state index in [0.717, 1.165) is 55.2 Å². The summed E-state index contributed by atoms with van der Waals surface area (Å²) in [5, 5.41) is 3.98. The van der Waals surface area contributed by atoms with Gasteiger partial charge in [0.25, 0.3) is 0 Å². The van der Waals surface area contributed by atoms with Crippen LogP contribution in [0.1, 0.15) is 30.1 Å². The fourth-order valence-electron chi connectivity index (χ4n) is 4.01. The standard InChI is InChI=1S/C20H25N3O4/c1-13-21-18(22-27-13)10-14-6-8-23(9-7-14)20(24)16-11-15-4-3-5-17(25-2)19(15)26-12-16/h3-5,14,16H,6-12H2,1-2H3. The van der Waals surface area contributed by atoms with Crippen molar-refractivity contribution in [3.63, 3.8) is 0 Å². The molecule has 1 aromatic heterocycles. The van der Waals surface area contributed by atoms with E-state index in [1.165, 1.54) is 0 Å².